The molecule has 0 spiro atoms. The number of nitro benzene ring substituents is 1. The molecule has 0 saturated carbocycles. The first-order valence-corrected chi connectivity index (χ1v) is 4.34. The zero-order chi connectivity index (χ0) is 11.7. The van der Waals surface area contributed by atoms with Gasteiger partial charge in [-0.2, -0.15) is 5.26 Å². The molecule has 0 aliphatic rings. The second-order valence-electron chi connectivity index (χ2n) is 3.10. The van der Waals surface area contributed by atoms with E-state index < -0.39 is 10.4 Å². The molecule has 2 aromatic rings. The predicted octanol–water partition coefficient (Wildman–Crippen LogP) is 1.31. The summed E-state index contributed by atoms with van der Waals surface area (Å²) in [6.45, 7) is 0. The molecule has 1 aromatic carbocycles. The minimum Gasteiger partial charge on any atom is -0.354 e. The van der Waals surface area contributed by atoms with Crippen LogP contribution < -0.4 is 5.43 Å². The van der Waals surface area contributed by atoms with E-state index in [1.807, 2.05) is 0 Å². The summed E-state index contributed by atoms with van der Waals surface area (Å²) in [5.41, 5.74) is -0.608. The van der Waals surface area contributed by atoms with Crippen LogP contribution in [0.15, 0.2) is 29.2 Å². The van der Waals surface area contributed by atoms with Crippen molar-refractivity contribution < 1.29 is 4.92 Å². The molecule has 0 fully saturated rings. The number of rotatable bonds is 1. The smallest absolute Gasteiger partial charge is 0.293 e. The quantitative estimate of drug-likeness (QED) is 0.572. The third kappa shape index (κ3) is 1.31. The maximum Gasteiger partial charge on any atom is 0.293 e. The maximum atomic E-state index is 11.7. The molecule has 1 N–H and O–H groups in total. The molecular formula is C10H5N3O3. The Kier molecular flexibility index (Phi) is 2.14. The number of hydrogen-bond acceptors (Lipinski definition) is 4. The van der Waals surface area contributed by atoms with Crippen LogP contribution in [0.2, 0.25) is 0 Å². The van der Waals surface area contributed by atoms with Crippen LogP contribution in [-0.2, 0) is 0 Å². The van der Waals surface area contributed by atoms with Gasteiger partial charge in [-0.15, -0.1) is 0 Å². The number of para-hydroxylation sites is 1. The fourth-order valence-electron chi connectivity index (χ4n) is 1.47. The number of aromatic nitrogens is 1. The minimum atomic E-state index is -0.579. The maximum absolute atomic E-state index is 11.7. The molecule has 1 heterocycles. The van der Waals surface area contributed by atoms with Crippen LogP contribution in [0.1, 0.15) is 5.56 Å². The van der Waals surface area contributed by atoms with Gasteiger partial charge in [0.2, 0.25) is 5.43 Å². The first kappa shape index (κ1) is 9.86. The molecule has 0 amide bonds. The van der Waals surface area contributed by atoms with E-state index in [4.69, 9.17) is 5.26 Å². The highest BCUT2D eigenvalue weighted by atomic mass is 16.6. The highest BCUT2D eigenvalue weighted by Gasteiger charge is 2.14. The van der Waals surface area contributed by atoms with E-state index in [-0.39, 0.29) is 22.2 Å². The number of fused-ring (bicyclic) bond motifs is 1. The van der Waals surface area contributed by atoms with Gasteiger partial charge in [-0.1, -0.05) is 6.07 Å². The second-order valence-corrected chi connectivity index (χ2v) is 3.10. The number of aromatic amines is 1. The number of nitrogens with one attached hydrogen (secondary N) is 1. The lowest BCUT2D eigenvalue weighted by atomic mass is 10.1. The first-order chi connectivity index (χ1) is 7.65. The first-order valence-electron chi connectivity index (χ1n) is 4.34. The van der Waals surface area contributed by atoms with Gasteiger partial charge in [0.1, 0.15) is 17.1 Å². The van der Waals surface area contributed by atoms with Crippen molar-refractivity contribution in [3.05, 3.63) is 50.3 Å². The molecule has 6 heteroatoms. The third-order valence-corrected chi connectivity index (χ3v) is 2.21. The van der Waals surface area contributed by atoms with Crippen molar-refractivity contribution in [1.82, 2.24) is 4.98 Å². The van der Waals surface area contributed by atoms with E-state index in [9.17, 15) is 14.9 Å². The van der Waals surface area contributed by atoms with Crippen molar-refractivity contribution in [1.29, 1.82) is 5.26 Å². The molecule has 6 nitrogen and oxygen atoms in total. The molecule has 0 aliphatic heterocycles. The van der Waals surface area contributed by atoms with E-state index in [1.165, 1.54) is 24.4 Å². The second kappa shape index (κ2) is 3.47. The molecule has 1 aromatic heterocycles. The number of nitrogens with zero attached hydrogens (tertiary/aromatic N) is 2. The van der Waals surface area contributed by atoms with E-state index in [2.05, 4.69) is 4.98 Å². The monoisotopic (exact) mass is 215 g/mol. The van der Waals surface area contributed by atoms with Crippen molar-refractivity contribution in [3.63, 3.8) is 0 Å². The Balaban J connectivity index is 2.95. The molecule has 0 unspecified atom stereocenters. The number of benzene rings is 1. The lowest BCUT2D eigenvalue weighted by molar-refractivity contribution is -0.383. The minimum absolute atomic E-state index is 0.0620. The average Bonchev–Trinajstić information content (AvgIpc) is 2.29. The zero-order valence-electron chi connectivity index (χ0n) is 7.93. The Labute approximate surface area is 88.9 Å². The van der Waals surface area contributed by atoms with Gasteiger partial charge in [-0.3, -0.25) is 14.9 Å². The molecule has 16 heavy (non-hydrogen) atoms. The Morgan fingerprint density at radius 1 is 1.44 bits per heavy atom. The molecule has 2 rings (SSSR count). The van der Waals surface area contributed by atoms with Gasteiger partial charge in [-0.25, -0.2) is 0 Å². The van der Waals surface area contributed by atoms with Crippen LogP contribution in [0, 0.1) is 21.4 Å². The number of nitro groups is 1. The normalized spacial score (nSPS) is 9.94. The van der Waals surface area contributed by atoms with Gasteiger partial charge in [0.25, 0.3) is 5.69 Å². The molecule has 0 saturated heterocycles. The molecule has 78 valence electrons. The summed E-state index contributed by atoms with van der Waals surface area (Å²) < 4.78 is 0. The Bertz CT molecular complexity index is 682. The number of nitriles is 1. The van der Waals surface area contributed by atoms with Crippen LogP contribution in [0.3, 0.4) is 0 Å². The van der Waals surface area contributed by atoms with Crippen molar-refractivity contribution >= 4 is 16.6 Å². The van der Waals surface area contributed by atoms with Crippen LogP contribution in [-0.4, -0.2) is 9.91 Å². The van der Waals surface area contributed by atoms with Crippen molar-refractivity contribution in [2.24, 2.45) is 0 Å². The number of non-ortho nitro benzene ring substituents is 1. The van der Waals surface area contributed by atoms with Crippen LogP contribution in [0.25, 0.3) is 10.9 Å². The third-order valence-electron chi connectivity index (χ3n) is 2.21. The summed E-state index contributed by atoms with van der Waals surface area (Å²) in [6.07, 6.45) is 1.18. The van der Waals surface area contributed by atoms with Gasteiger partial charge >= 0.3 is 0 Å². The molecule has 0 aliphatic carbocycles. The Morgan fingerprint density at radius 3 is 2.81 bits per heavy atom. The summed E-state index contributed by atoms with van der Waals surface area (Å²) in [4.78, 5) is 24.4. The lowest BCUT2D eigenvalue weighted by Gasteiger charge is -1.98. The standard InChI is InChI=1S/C10H5N3O3/c11-4-6-5-12-9-7(10(6)14)2-1-3-8(9)13(15)16/h1-3,5H,(H,12,14). The van der Waals surface area contributed by atoms with Gasteiger partial charge in [-0.05, 0) is 6.07 Å². The Morgan fingerprint density at radius 2 is 2.19 bits per heavy atom. The Hall–Kier alpha value is -2.68. The summed E-state index contributed by atoms with van der Waals surface area (Å²) in [7, 11) is 0. The largest absolute Gasteiger partial charge is 0.354 e. The number of H-pyrrole nitrogens is 1. The van der Waals surface area contributed by atoms with Crippen molar-refractivity contribution in [2.75, 3.05) is 0 Å². The summed E-state index contributed by atoms with van der Waals surface area (Å²) in [5.74, 6) is 0. The highest BCUT2D eigenvalue weighted by molar-refractivity contribution is 5.87. The molecular weight excluding hydrogens is 210 g/mol. The SMILES string of the molecule is N#Cc1c[nH]c2c([N+](=O)[O-])cccc2c1=O. The molecule has 0 radical (unpaired) electrons. The van der Waals surface area contributed by atoms with Gasteiger partial charge in [0.15, 0.2) is 0 Å². The van der Waals surface area contributed by atoms with Crippen molar-refractivity contribution in [3.8, 4) is 6.07 Å². The van der Waals surface area contributed by atoms with E-state index >= 15 is 0 Å². The van der Waals surface area contributed by atoms with Gasteiger partial charge in [0, 0.05) is 12.3 Å². The summed E-state index contributed by atoms with van der Waals surface area (Å²) >= 11 is 0. The van der Waals surface area contributed by atoms with Gasteiger partial charge < -0.3 is 4.98 Å². The fourth-order valence-corrected chi connectivity index (χ4v) is 1.47. The van der Waals surface area contributed by atoms with E-state index in [0.717, 1.165) is 0 Å². The van der Waals surface area contributed by atoms with Crippen molar-refractivity contribution in [2.45, 2.75) is 0 Å². The summed E-state index contributed by atoms with van der Waals surface area (Å²) in [6, 6.07) is 5.88. The average molecular weight is 215 g/mol. The predicted molar refractivity (Wildman–Crippen MR) is 55.9 cm³/mol. The number of pyridine rings is 1. The highest BCUT2D eigenvalue weighted by Crippen LogP contribution is 2.20. The zero-order valence-corrected chi connectivity index (χ0v) is 7.93. The van der Waals surface area contributed by atoms with E-state index in [1.54, 1.807) is 6.07 Å². The fraction of sp³-hybridized carbons (Fsp3) is 0. The summed E-state index contributed by atoms with van der Waals surface area (Å²) in [5, 5.41) is 19.5. The number of hydrogen-bond donors (Lipinski definition) is 1. The van der Waals surface area contributed by atoms with Crippen LogP contribution in [0.5, 0.6) is 0 Å². The van der Waals surface area contributed by atoms with Gasteiger partial charge in [0.05, 0.1) is 10.3 Å². The topological polar surface area (TPSA) is 99.8 Å². The van der Waals surface area contributed by atoms with Crippen LogP contribution >= 0.6 is 0 Å². The van der Waals surface area contributed by atoms with Crippen LogP contribution in [0.4, 0.5) is 5.69 Å². The lowest BCUT2D eigenvalue weighted by Crippen LogP contribution is -2.08. The molecule has 0 atom stereocenters. The van der Waals surface area contributed by atoms with E-state index in [0.29, 0.717) is 0 Å². The molecule has 0 bridgehead atoms.